The first-order valence-corrected chi connectivity index (χ1v) is 12.9. The van der Waals surface area contributed by atoms with Crippen LogP contribution in [-0.2, 0) is 0 Å². The van der Waals surface area contributed by atoms with Gasteiger partial charge in [0.15, 0.2) is 5.96 Å². The third-order valence-electron chi connectivity index (χ3n) is 7.58. The van der Waals surface area contributed by atoms with E-state index in [0.29, 0.717) is 6.04 Å². The van der Waals surface area contributed by atoms with Crippen molar-refractivity contribution in [1.29, 1.82) is 0 Å². The van der Waals surface area contributed by atoms with Crippen LogP contribution in [0.3, 0.4) is 0 Å². The lowest BCUT2D eigenvalue weighted by molar-refractivity contribution is 0.0208. The smallest absolute Gasteiger partial charge is 0.191 e. The summed E-state index contributed by atoms with van der Waals surface area (Å²) >= 11 is 0. The molecule has 0 saturated carbocycles. The molecule has 30 heavy (non-hydrogen) atoms. The summed E-state index contributed by atoms with van der Waals surface area (Å²) in [6, 6.07) is 0.559. The van der Waals surface area contributed by atoms with Crippen molar-refractivity contribution in [1.82, 2.24) is 25.3 Å². The number of nitrogens with zero attached hydrogens (tertiary/aromatic N) is 4. The Morgan fingerprint density at radius 3 is 2.30 bits per heavy atom. The summed E-state index contributed by atoms with van der Waals surface area (Å²) in [5, 5.41) is 7.33. The molecule has 0 unspecified atom stereocenters. The standard InChI is InChI=1S/C24H48N6/c1-4-6-14-29-17-10-22(11-18-29)27-23(25-5-2)26-21-24(12-19-28(3)20-13-24)30-15-8-7-9-16-30/h22H,4-21H2,1-3H3,(H2,25,26,27). The monoisotopic (exact) mass is 420 g/mol. The molecule has 3 aliphatic heterocycles. The Hall–Kier alpha value is -0.850. The second-order valence-corrected chi connectivity index (χ2v) is 9.88. The molecule has 3 heterocycles. The van der Waals surface area contributed by atoms with Crippen molar-refractivity contribution in [2.24, 2.45) is 4.99 Å². The third-order valence-corrected chi connectivity index (χ3v) is 7.58. The van der Waals surface area contributed by atoms with E-state index in [-0.39, 0.29) is 5.54 Å². The molecule has 2 N–H and O–H groups in total. The molecule has 6 heteroatoms. The maximum atomic E-state index is 5.19. The normalized spacial score (nSPS) is 25.4. The summed E-state index contributed by atoms with van der Waals surface area (Å²) in [6.45, 7) is 15.0. The van der Waals surface area contributed by atoms with Gasteiger partial charge in [-0.1, -0.05) is 19.8 Å². The van der Waals surface area contributed by atoms with Crippen LogP contribution in [0.15, 0.2) is 4.99 Å². The number of guanidine groups is 1. The highest BCUT2D eigenvalue weighted by molar-refractivity contribution is 5.80. The Labute approximate surface area is 185 Å². The molecular weight excluding hydrogens is 372 g/mol. The van der Waals surface area contributed by atoms with Gasteiger partial charge in [-0.05, 0) is 91.6 Å². The first-order chi connectivity index (χ1) is 14.6. The predicted molar refractivity (Wildman–Crippen MR) is 128 cm³/mol. The van der Waals surface area contributed by atoms with Gasteiger partial charge in [0.25, 0.3) is 0 Å². The maximum absolute atomic E-state index is 5.19. The molecule has 0 spiro atoms. The maximum Gasteiger partial charge on any atom is 0.191 e. The second kappa shape index (κ2) is 12.3. The van der Waals surface area contributed by atoms with Crippen LogP contribution in [0.2, 0.25) is 0 Å². The predicted octanol–water partition coefficient (Wildman–Crippen LogP) is 2.76. The van der Waals surface area contributed by atoms with Crippen LogP contribution in [0, 0.1) is 0 Å². The average molecular weight is 421 g/mol. The van der Waals surface area contributed by atoms with Gasteiger partial charge in [0.1, 0.15) is 0 Å². The summed E-state index contributed by atoms with van der Waals surface area (Å²) < 4.78 is 0. The quantitative estimate of drug-likeness (QED) is 0.467. The van der Waals surface area contributed by atoms with Gasteiger partial charge in [0, 0.05) is 31.2 Å². The zero-order chi connectivity index (χ0) is 21.2. The molecule has 0 amide bonds. The van der Waals surface area contributed by atoms with Gasteiger partial charge in [0.2, 0.25) is 0 Å². The van der Waals surface area contributed by atoms with Gasteiger partial charge in [-0.2, -0.15) is 0 Å². The zero-order valence-electron chi connectivity index (χ0n) is 20.1. The fourth-order valence-electron chi connectivity index (χ4n) is 5.40. The molecule has 0 aliphatic carbocycles. The lowest BCUT2D eigenvalue weighted by Crippen LogP contribution is -2.58. The van der Waals surface area contributed by atoms with E-state index in [1.807, 2.05) is 0 Å². The summed E-state index contributed by atoms with van der Waals surface area (Å²) in [6.07, 6.45) is 11.7. The van der Waals surface area contributed by atoms with Gasteiger partial charge in [0.05, 0.1) is 6.54 Å². The molecule has 3 fully saturated rings. The van der Waals surface area contributed by atoms with Crippen molar-refractivity contribution in [3.05, 3.63) is 0 Å². The van der Waals surface area contributed by atoms with E-state index in [2.05, 4.69) is 46.2 Å². The minimum absolute atomic E-state index is 0.263. The van der Waals surface area contributed by atoms with Crippen LogP contribution in [-0.4, -0.2) is 98.2 Å². The van der Waals surface area contributed by atoms with Crippen LogP contribution in [0.5, 0.6) is 0 Å². The Kier molecular flexibility index (Phi) is 9.72. The molecule has 3 rings (SSSR count). The molecule has 6 nitrogen and oxygen atoms in total. The molecule has 0 atom stereocenters. The number of nitrogens with one attached hydrogen (secondary N) is 2. The zero-order valence-corrected chi connectivity index (χ0v) is 20.1. The van der Waals surface area contributed by atoms with E-state index in [1.54, 1.807) is 0 Å². The Bertz CT molecular complexity index is 500. The highest BCUT2D eigenvalue weighted by atomic mass is 15.3. The number of piperidine rings is 3. The number of likely N-dealkylation sites (tertiary alicyclic amines) is 3. The summed E-state index contributed by atoms with van der Waals surface area (Å²) in [7, 11) is 2.27. The molecule has 174 valence electrons. The Morgan fingerprint density at radius 2 is 1.67 bits per heavy atom. The molecule has 3 aliphatic rings. The Morgan fingerprint density at radius 1 is 0.967 bits per heavy atom. The molecule has 0 bridgehead atoms. The van der Waals surface area contributed by atoms with Crippen molar-refractivity contribution in [3.63, 3.8) is 0 Å². The van der Waals surface area contributed by atoms with E-state index in [4.69, 9.17) is 4.99 Å². The Balaban J connectivity index is 1.59. The highest BCUT2D eigenvalue weighted by Crippen LogP contribution is 2.31. The number of hydrogen-bond donors (Lipinski definition) is 2. The number of rotatable bonds is 8. The largest absolute Gasteiger partial charge is 0.357 e. The van der Waals surface area contributed by atoms with Crippen molar-refractivity contribution in [2.45, 2.75) is 83.2 Å². The number of hydrogen-bond acceptors (Lipinski definition) is 4. The first kappa shape index (κ1) is 23.8. The van der Waals surface area contributed by atoms with Gasteiger partial charge in [-0.25, -0.2) is 0 Å². The van der Waals surface area contributed by atoms with E-state index < -0.39 is 0 Å². The first-order valence-electron chi connectivity index (χ1n) is 12.9. The SMILES string of the molecule is CCCCN1CCC(NC(=NCC2(N3CCCCC3)CCN(C)CC2)NCC)CC1. The van der Waals surface area contributed by atoms with Gasteiger partial charge in [-0.3, -0.25) is 9.89 Å². The van der Waals surface area contributed by atoms with Crippen molar-refractivity contribution >= 4 is 5.96 Å². The van der Waals surface area contributed by atoms with Crippen molar-refractivity contribution in [3.8, 4) is 0 Å². The minimum Gasteiger partial charge on any atom is -0.357 e. The van der Waals surface area contributed by atoms with Crippen molar-refractivity contribution < 1.29 is 0 Å². The molecular formula is C24H48N6. The van der Waals surface area contributed by atoms with Crippen LogP contribution < -0.4 is 10.6 Å². The summed E-state index contributed by atoms with van der Waals surface area (Å²) in [4.78, 5) is 13.1. The molecule has 0 aromatic carbocycles. The van der Waals surface area contributed by atoms with Crippen LogP contribution >= 0.6 is 0 Å². The minimum atomic E-state index is 0.263. The molecule has 0 radical (unpaired) electrons. The van der Waals surface area contributed by atoms with E-state index in [9.17, 15) is 0 Å². The number of unbranched alkanes of at least 4 members (excludes halogenated alkanes) is 1. The molecule has 0 aromatic heterocycles. The lowest BCUT2D eigenvalue weighted by atomic mass is 9.84. The lowest BCUT2D eigenvalue weighted by Gasteiger charge is -2.49. The number of aliphatic imine (C=N–C) groups is 1. The van der Waals surface area contributed by atoms with Gasteiger partial charge < -0.3 is 20.4 Å². The highest BCUT2D eigenvalue weighted by Gasteiger charge is 2.39. The third kappa shape index (κ3) is 6.83. The second-order valence-electron chi connectivity index (χ2n) is 9.88. The van der Waals surface area contributed by atoms with E-state index in [1.165, 1.54) is 104 Å². The van der Waals surface area contributed by atoms with E-state index in [0.717, 1.165) is 19.0 Å². The van der Waals surface area contributed by atoms with Crippen LogP contribution in [0.25, 0.3) is 0 Å². The molecule has 3 saturated heterocycles. The van der Waals surface area contributed by atoms with Crippen molar-refractivity contribution in [2.75, 3.05) is 66.0 Å². The van der Waals surface area contributed by atoms with Crippen LogP contribution in [0.1, 0.15) is 71.6 Å². The van der Waals surface area contributed by atoms with Gasteiger partial charge in [-0.15, -0.1) is 0 Å². The fraction of sp³-hybridized carbons (Fsp3) is 0.958. The van der Waals surface area contributed by atoms with E-state index >= 15 is 0 Å². The topological polar surface area (TPSA) is 46.1 Å². The summed E-state index contributed by atoms with van der Waals surface area (Å²) in [5.41, 5.74) is 0.263. The molecule has 0 aromatic rings. The average Bonchev–Trinajstić information content (AvgIpc) is 2.79. The van der Waals surface area contributed by atoms with Crippen LogP contribution in [0.4, 0.5) is 0 Å². The van der Waals surface area contributed by atoms with Gasteiger partial charge >= 0.3 is 0 Å². The summed E-state index contributed by atoms with van der Waals surface area (Å²) in [5.74, 6) is 1.04. The fourth-order valence-corrected chi connectivity index (χ4v) is 5.40.